The van der Waals surface area contributed by atoms with Gasteiger partial charge in [0.05, 0.1) is 5.92 Å². The van der Waals surface area contributed by atoms with Crippen molar-refractivity contribution in [1.29, 1.82) is 0 Å². The fourth-order valence-corrected chi connectivity index (χ4v) is 5.25. The number of unbranched alkanes of at least 4 members (excludes halogenated alkanes) is 1. The fraction of sp³-hybridized carbons (Fsp3) is 0.594. The molecule has 0 saturated carbocycles. The predicted molar refractivity (Wildman–Crippen MR) is 160 cm³/mol. The summed E-state index contributed by atoms with van der Waals surface area (Å²) in [4.78, 5) is 39.5. The number of likely N-dealkylation sites (N-methyl/N-ethyl adjacent to an activating group) is 1. The van der Waals surface area contributed by atoms with Crippen molar-refractivity contribution in [1.82, 2.24) is 10.6 Å². The highest BCUT2D eigenvalue weighted by atomic mass is 32.1. The molecule has 3 atom stereocenters. The number of aryl methyl sites for hydroxylation is 1. The van der Waals surface area contributed by atoms with Crippen molar-refractivity contribution in [2.45, 2.75) is 98.6 Å². The molecule has 0 aliphatic carbocycles. The van der Waals surface area contributed by atoms with E-state index in [9.17, 15) is 14.4 Å². The van der Waals surface area contributed by atoms with Crippen molar-refractivity contribution in [3.63, 3.8) is 0 Å². The minimum absolute atomic E-state index is 0.196. The Kier molecular flexibility index (Phi) is 12.2. The molecule has 0 aliphatic rings. The Balaban J connectivity index is 2.28. The maximum absolute atomic E-state index is 13.7. The van der Waals surface area contributed by atoms with Crippen LogP contribution in [0, 0.1) is 17.3 Å². The number of thiophene rings is 1. The summed E-state index contributed by atoms with van der Waals surface area (Å²) in [6.07, 6.45) is 4.15. The van der Waals surface area contributed by atoms with Gasteiger partial charge in [0.25, 0.3) is 0 Å². The molecular weight excluding hydrogens is 508 g/mol. The first-order valence-electron chi connectivity index (χ1n) is 14.1. The van der Waals surface area contributed by atoms with Gasteiger partial charge in [0.2, 0.25) is 11.8 Å². The molecular formula is C32H48N2O4S. The van der Waals surface area contributed by atoms with Gasteiger partial charge < -0.3 is 15.4 Å². The molecule has 7 heteroatoms. The lowest BCUT2D eigenvalue weighted by atomic mass is 9.83. The summed E-state index contributed by atoms with van der Waals surface area (Å²) in [7, 11) is 1.58. The molecule has 2 amide bonds. The van der Waals surface area contributed by atoms with Gasteiger partial charge in [-0.3, -0.25) is 14.4 Å². The molecule has 0 unspecified atom stereocenters. The van der Waals surface area contributed by atoms with Crippen molar-refractivity contribution in [3.8, 4) is 11.1 Å². The minimum atomic E-state index is -0.682. The standard InChI is InChI=1S/C32H48N2O4S/c1-9-10-11-25(30(37)38-32(5,6)7)20-24(28(35)34-27(29(36)33-8)31(2,3)4)17-14-22-12-15-23(16-13-22)26-18-19-39-21-26/h12-13,15-16,18-19,21,24-25,27H,9-11,14,17,20H2,1-8H3,(H,33,36)(H,34,35)/t24-,25+,27-/m1/s1. The summed E-state index contributed by atoms with van der Waals surface area (Å²) in [5.41, 5.74) is 2.43. The number of benzene rings is 1. The number of rotatable bonds is 13. The molecule has 39 heavy (non-hydrogen) atoms. The highest BCUT2D eigenvalue weighted by Gasteiger charge is 2.36. The third-order valence-electron chi connectivity index (χ3n) is 6.84. The Morgan fingerprint density at radius 2 is 1.56 bits per heavy atom. The predicted octanol–water partition coefficient (Wildman–Crippen LogP) is 6.78. The molecule has 0 radical (unpaired) electrons. The highest BCUT2D eigenvalue weighted by Crippen LogP contribution is 2.28. The number of hydrogen-bond donors (Lipinski definition) is 2. The third kappa shape index (κ3) is 10.8. The Morgan fingerprint density at radius 1 is 0.897 bits per heavy atom. The first-order valence-corrected chi connectivity index (χ1v) is 15.1. The van der Waals surface area contributed by atoms with Crippen LogP contribution in [-0.4, -0.2) is 36.5 Å². The average molecular weight is 557 g/mol. The molecule has 2 aromatic rings. The molecule has 2 N–H and O–H groups in total. The van der Waals surface area contributed by atoms with E-state index in [2.05, 4.69) is 58.6 Å². The number of carbonyl (C=O) groups is 3. The molecule has 0 spiro atoms. The van der Waals surface area contributed by atoms with Crippen LogP contribution in [0.15, 0.2) is 41.1 Å². The minimum Gasteiger partial charge on any atom is -0.460 e. The first-order chi connectivity index (χ1) is 18.2. The van der Waals surface area contributed by atoms with Crippen LogP contribution in [0.25, 0.3) is 11.1 Å². The molecule has 1 aromatic heterocycles. The van der Waals surface area contributed by atoms with Crippen LogP contribution in [-0.2, 0) is 25.5 Å². The van der Waals surface area contributed by atoms with Crippen LogP contribution >= 0.6 is 11.3 Å². The van der Waals surface area contributed by atoms with Crippen LogP contribution < -0.4 is 10.6 Å². The Bertz CT molecular complexity index is 1050. The number of ether oxygens (including phenoxy) is 1. The summed E-state index contributed by atoms with van der Waals surface area (Å²) in [6, 6.07) is 9.85. The van der Waals surface area contributed by atoms with E-state index in [0.717, 1.165) is 24.0 Å². The Morgan fingerprint density at radius 3 is 2.08 bits per heavy atom. The SMILES string of the molecule is CCCC[C@@H](C[C@@H](CCc1ccc(-c2ccsc2)cc1)C(=O)N[C@H](C(=O)NC)C(C)(C)C)C(=O)OC(C)(C)C. The second-order valence-electron chi connectivity index (χ2n) is 12.5. The van der Waals surface area contributed by atoms with Crippen molar-refractivity contribution in [2.24, 2.45) is 17.3 Å². The van der Waals surface area contributed by atoms with E-state index in [4.69, 9.17) is 4.74 Å². The largest absolute Gasteiger partial charge is 0.460 e. The summed E-state index contributed by atoms with van der Waals surface area (Å²) in [5, 5.41) is 9.89. The lowest BCUT2D eigenvalue weighted by molar-refractivity contribution is -0.161. The zero-order valence-corrected chi connectivity index (χ0v) is 25.9. The fourth-order valence-electron chi connectivity index (χ4n) is 4.58. The van der Waals surface area contributed by atoms with Crippen molar-refractivity contribution in [3.05, 3.63) is 46.7 Å². The molecule has 0 bridgehead atoms. The van der Waals surface area contributed by atoms with E-state index in [1.165, 1.54) is 5.56 Å². The van der Waals surface area contributed by atoms with Crippen LogP contribution in [0.5, 0.6) is 0 Å². The van der Waals surface area contributed by atoms with Gasteiger partial charge in [-0.05, 0) is 85.4 Å². The maximum atomic E-state index is 13.7. The summed E-state index contributed by atoms with van der Waals surface area (Å²) >= 11 is 1.67. The molecule has 1 aromatic carbocycles. The van der Waals surface area contributed by atoms with Crippen molar-refractivity contribution in [2.75, 3.05) is 7.05 Å². The summed E-state index contributed by atoms with van der Waals surface area (Å²) in [5.74, 6) is -1.50. The average Bonchev–Trinajstić information content (AvgIpc) is 3.40. The van der Waals surface area contributed by atoms with E-state index in [1.807, 2.05) is 41.5 Å². The number of hydrogen-bond acceptors (Lipinski definition) is 5. The molecule has 0 saturated heterocycles. The number of carbonyl (C=O) groups excluding carboxylic acids is 3. The van der Waals surface area contributed by atoms with Gasteiger partial charge in [-0.1, -0.05) is 64.8 Å². The molecule has 6 nitrogen and oxygen atoms in total. The lowest BCUT2D eigenvalue weighted by Crippen LogP contribution is -2.54. The normalized spacial score (nSPS) is 14.3. The smallest absolute Gasteiger partial charge is 0.309 e. The topological polar surface area (TPSA) is 84.5 Å². The quantitative estimate of drug-likeness (QED) is 0.266. The van der Waals surface area contributed by atoms with Crippen molar-refractivity contribution >= 4 is 29.1 Å². The molecule has 0 fully saturated rings. The molecule has 1 heterocycles. The molecule has 216 valence electrons. The number of amides is 2. The van der Waals surface area contributed by atoms with E-state index in [0.29, 0.717) is 25.7 Å². The Labute approximate surface area is 239 Å². The summed E-state index contributed by atoms with van der Waals surface area (Å²) < 4.78 is 5.75. The summed E-state index contributed by atoms with van der Waals surface area (Å²) in [6.45, 7) is 13.5. The second-order valence-corrected chi connectivity index (χ2v) is 13.3. The van der Waals surface area contributed by atoms with E-state index in [-0.39, 0.29) is 23.7 Å². The lowest BCUT2D eigenvalue weighted by Gasteiger charge is -2.32. The van der Waals surface area contributed by atoms with Crippen LogP contribution in [0.4, 0.5) is 0 Å². The van der Waals surface area contributed by atoms with E-state index in [1.54, 1.807) is 18.4 Å². The van der Waals surface area contributed by atoms with Gasteiger partial charge in [0, 0.05) is 13.0 Å². The van der Waals surface area contributed by atoms with Gasteiger partial charge in [0.15, 0.2) is 0 Å². The van der Waals surface area contributed by atoms with Gasteiger partial charge in [0.1, 0.15) is 11.6 Å². The zero-order chi connectivity index (χ0) is 29.2. The van der Waals surface area contributed by atoms with Gasteiger partial charge >= 0.3 is 5.97 Å². The van der Waals surface area contributed by atoms with Crippen LogP contribution in [0.2, 0.25) is 0 Å². The highest BCUT2D eigenvalue weighted by molar-refractivity contribution is 7.08. The second kappa shape index (κ2) is 14.6. The van der Waals surface area contributed by atoms with E-state index < -0.39 is 23.0 Å². The third-order valence-corrected chi connectivity index (χ3v) is 7.52. The number of esters is 1. The molecule has 0 aliphatic heterocycles. The molecule has 2 rings (SSSR count). The number of nitrogens with one attached hydrogen (secondary N) is 2. The van der Waals surface area contributed by atoms with Gasteiger partial charge in [-0.15, -0.1) is 0 Å². The first kappa shape index (κ1) is 32.5. The van der Waals surface area contributed by atoms with Gasteiger partial charge in [-0.25, -0.2) is 0 Å². The van der Waals surface area contributed by atoms with E-state index >= 15 is 0 Å². The van der Waals surface area contributed by atoms with Crippen LogP contribution in [0.1, 0.15) is 86.1 Å². The van der Waals surface area contributed by atoms with Crippen molar-refractivity contribution < 1.29 is 19.1 Å². The Hall–Kier alpha value is -2.67. The monoisotopic (exact) mass is 556 g/mol. The zero-order valence-electron chi connectivity index (χ0n) is 25.1. The van der Waals surface area contributed by atoms with Gasteiger partial charge in [-0.2, -0.15) is 11.3 Å². The maximum Gasteiger partial charge on any atom is 0.309 e. The van der Waals surface area contributed by atoms with Crippen LogP contribution in [0.3, 0.4) is 0 Å².